The van der Waals surface area contributed by atoms with Gasteiger partial charge in [-0.25, -0.2) is 0 Å². The van der Waals surface area contributed by atoms with Gasteiger partial charge in [-0.1, -0.05) is 60.9 Å². The predicted molar refractivity (Wildman–Crippen MR) is 91.3 cm³/mol. The Hall–Kier alpha value is 0.0800. The highest BCUT2D eigenvalue weighted by Gasteiger charge is 2.35. The Morgan fingerprint density at radius 3 is 2.05 bits per heavy atom. The Labute approximate surface area is 120 Å². The molecule has 0 nitrogen and oxygen atoms in total. The Morgan fingerprint density at radius 1 is 0.842 bits per heavy atom. The third kappa shape index (κ3) is 2.64. The maximum absolute atomic E-state index is 2.50. The van der Waals surface area contributed by atoms with Crippen LogP contribution in [0, 0.1) is 0 Å². The average Bonchev–Trinajstić information content (AvgIpc) is 2.96. The van der Waals surface area contributed by atoms with Crippen LogP contribution in [0.1, 0.15) is 46.5 Å². The quantitative estimate of drug-likeness (QED) is 0.696. The molecule has 0 radical (unpaired) electrons. The Morgan fingerprint density at radius 2 is 1.47 bits per heavy atom. The van der Waals surface area contributed by atoms with Gasteiger partial charge in [-0.05, 0) is 59.4 Å². The standard InChI is InChI=1S/C17H26P2/c1-13-7-6-12-18(13)16-8-4-5-9-17(16)19-14(2)10-11-15(19)3/h4-5,8-9,13-15H,6-7,10-12H2,1-3H3/t13?,14-,15?,18?,19?/m1/s1. The molecule has 3 rings (SSSR count). The van der Waals surface area contributed by atoms with Crippen LogP contribution in [-0.2, 0) is 0 Å². The van der Waals surface area contributed by atoms with Crippen molar-refractivity contribution in [1.82, 2.24) is 0 Å². The largest absolute Gasteiger partial charge is 0.0717 e. The molecule has 0 amide bonds. The van der Waals surface area contributed by atoms with Crippen LogP contribution in [-0.4, -0.2) is 23.1 Å². The summed E-state index contributed by atoms with van der Waals surface area (Å²) in [5, 5.41) is 3.57. The lowest BCUT2D eigenvalue weighted by Crippen LogP contribution is -2.27. The molecule has 0 aliphatic carbocycles. The molecule has 19 heavy (non-hydrogen) atoms. The average molecular weight is 292 g/mol. The van der Waals surface area contributed by atoms with Crippen LogP contribution in [0.15, 0.2) is 24.3 Å². The van der Waals surface area contributed by atoms with Gasteiger partial charge in [0.15, 0.2) is 0 Å². The molecule has 1 aromatic rings. The molecule has 1 aromatic carbocycles. The van der Waals surface area contributed by atoms with Gasteiger partial charge in [-0.3, -0.25) is 0 Å². The van der Waals surface area contributed by atoms with Gasteiger partial charge in [-0.2, -0.15) is 0 Å². The van der Waals surface area contributed by atoms with Crippen molar-refractivity contribution in [3.8, 4) is 0 Å². The fourth-order valence-electron chi connectivity index (χ4n) is 3.89. The predicted octanol–water partition coefficient (Wildman–Crippen LogP) is 4.65. The van der Waals surface area contributed by atoms with Gasteiger partial charge in [0.2, 0.25) is 0 Å². The fourth-order valence-corrected chi connectivity index (χ4v) is 10.7. The Balaban J connectivity index is 1.97. The summed E-state index contributed by atoms with van der Waals surface area (Å²) in [6.45, 7) is 7.49. The minimum atomic E-state index is 0.0976. The maximum Gasteiger partial charge on any atom is -0.0158 e. The van der Waals surface area contributed by atoms with E-state index in [9.17, 15) is 0 Å². The summed E-state index contributed by atoms with van der Waals surface area (Å²) in [6, 6.07) is 9.53. The first-order valence-corrected chi connectivity index (χ1v) is 10.9. The molecule has 2 saturated heterocycles. The van der Waals surface area contributed by atoms with E-state index in [1.54, 1.807) is 10.6 Å². The molecule has 0 spiro atoms. The van der Waals surface area contributed by atoms with E-state index >= 15 is 0 Å². The fraction of sp³-hybridized carbons (Fsp3) is 0.647. The van der Waals surface area contributed by atoms with E-state index in [2.05, 4.69) is 45.0 Å². The highest BCUT2D eigenvalue weighted by molar-refractivity contribution is 7.73. The van der Waals surface area contributed by atoms with E-state index in [1.165, 1.54) is 31.8 Å². The van der Waals surface area contributed by atoms with Gasteiger partial charge in [-0.15, -0.1) is 0 Å². The van der Waals surface area contributed by atoms with E-state index in [0.29, 0.717) is 0 Å². The number of hydrogen-bond donors (Lipinski definition) is 0. The van der Waals surface area contributed by atoms with Crippen molar-refractivity contribution < 1.29 is 0 Å². The molecule has 4 unspecified atom stereocenters. The second-order valence-corrected chi connectivity index (χ2v) is 12.2. The van der Waals surface area contributed by atoms with Crippen molar-refractivity contribution in [3.63, 3.8) is 0 Å². The van der Waals surface area contributed by atoms with E-state index in [-0.39, 0.29) is 15.8 Å². The van der Waals surface area contributed by atoms with Crippen molar-refractivity contribution in [3.05, 3.63) is 24.3 Å². The molecule has 2 heteroatoms. The lowest BCUT2D eigenvalue weighted by atomic mass is 10.2. The molecule has 104 valence electrons. The molecule has 0 saturated carbocycles. The van der Waals surface area contributed by atoms with Crippen LogP contribution < -0.4 is 10.6 Å². The Kier molecular flexibility index (Phi) is 4.31. The van der Waals surface area contributed by atoms with Crippen LogP contribution in [0.4, 0.5) is 0 Å². The zero-order valence-corrected chi connectivity index (χ0v) is 14.3. The summed E-state index contributed by atoms with van der Waals surface area (Å²) in [7, 11) is 0.237. The second kappa shape index (κ2) is 5.83. The zero-order valence-electron chi connectivity index (χ0n) is 12.5. The molecule has 2 fully saturated rings. The minimum Gasteiger partial charge on any atom is -0.0717 e. The highest BCUT2D eigenvalue weighted by Crippen LogP contribution is 2.56. The van der Waals surface area contributed by atoms with Crippen LogP contribution in [0.25, 0.3) is 0 Å². The molecular weight excluding hydrogens is 266 g/mol. The van der Waals surface area contributed by atoms with Gasteiger partial charge >= 0.3 is 0 Å². The molecular formula is C17H26P2. The summed E-state index contributed by atoms with van der Waals surface area (Å²) >= 11 is 0. The van der Waals surface area contributed by atoms with Gasteiger partial charge in [0, 0.05) is 0 Å². The summed E-state index contributed by atoms with van der Waals surface area (Å²) in [5.74, 6) is 0. The van der Waals surface area contributed by atoms with E-state index in [4.69, 9.17) is 0 Å². The smallest absolute Gasteiger partial charge is 0.0158 e. The lowest BCUT2D eigenvalue weighted by Gasteiger charge is -2.28. The van der Waals surface area contributed by atoms with Crippen molar-refractivity contribution >= 4 is 26.5 Å². The first-order valence-electron chi connectivity index (χ1n) is 7.82. The van der Waals surface area contributed by atoms with E-state index < -0.39 is 0 Å². The van der Waals surface area contributed by atoms with Crippen molar-refractivity contribution in [2.45, 2.75) is 63.4 Å². The SMILES string of the molecule is CC1CCCP1c1ccccc1P1C(C)CC[C@H]1C. The van der Waals surface area contributed by atoms with Gasteiger partial charge < -0.3 is 0 Å². The van der Waals surface area contributed by atoms with Crippen molar-refractivity contribution in [2.75, 3.05) is 6.16 Å². The lowest BCUT2D eigenvalue weighted by molar-refractivity contribution is 0.777. The van der Waals surface area contributed by atoms with Crippen LogP contribution in [0.3, 0.4) is 0 Å². The first kappa shape index (κ1) is 14.0. The van der Waals surface area contributed by atoms with Gasteiger partial charge in [0.25, 0.3) is 0 Å². The number of benzene rings is 1. The summed E-state index contributed by atoms with van der Waals surface area (Å²) in [6.07, 6.45) is 7.32. The third-order valence-corrected chi connectivity index (χ3v) is 11.6. The zero-order chi connectivity index (χ0) is 13.4. The normalized spacial score (nSPS) is 38.8. The number of hydrogen-bond acceptors (Lipinski definition) is 0. The first-order chi connectivity index (χ1) is 9.18. The molecule has 2 aliphatic rings. The van der Waals surface area contributed by atoms with Gasteiger partial charge in [0.05, 0.1) is 0 Å². The summed E-state index contributed by atoms with van der Waals surface area (Å²) in [5.41, 5.74) is 2.84. The van der Waals surface area contributed by atoms with Crippen LogP contribution in [0.5, 0.6) is 0 Å². The maximum atomic E-state index is 2.50. The topological polar surface area (TPSA) is 0 Å². The highest BCUT2D eigenvalue weighted by atomic mass is 31.1. The van der Waals surface area contributed by atoms with E-state index in [0.717, 1.165) is 17.0 Å². The van der Waals surface area contributed by atoms with Crippen molar-refractivity contribution in [2.24, 2.45) is 0 Å². The van der Waals surface area contributed by atoms with Crippen LogP contribution in [0.2, 0.25) is 0 Å². The van der Waals surface area contributed by atoms with E-state index in [1.807, 2.05) is 0 Å². The summed E-state index contributed by atoms with van der Waals surface area (Å²) < 4.78 is 0. The van der Waals surface area contributed by atoms with Crippen molar-refractivity contribution in [1.29, 1.82) is 0 Å². The minimum absolute atomic E-state index is 0.0976. The Bertz CT molecular complexity index is 433. The summed E-state index contributed by atoms with van der Waals surface area (Å²) in [4.78, 5) is 0. The van der Waals surface area contributed by atoms with Crippen LogP contribution >= 0.6 is 15.8 Å². The second-order valence-electron chi connectivity index (χ2n) is 6.36. The van der Waals surface area contributed by atoms with Gasteiger partial charge in [0.1, 0.15) is 0 Å². The molecule has 2 aliphatic heterocycles. The molecule has 0 N–H and O–H groups in total. The molecule has 0 aromatic heterocycles. The number of rotatable bonds is 2. The third-order valence-electron chi connectivity index (χ3n) is 4.97. The monoisotopic (exact) mass is 292 g/mol. The molecule has 5 atom stereocenters. The molecule has 2 heterocycles. The molecule has 0 bridgehead atoms.